The van der Waals surface area contributed by atoms with Crippen molar-refractivity contribution in [2.75, 3.05) is 38.2 Å². The Balaban J connectivity index is 1.30. The number of aromatic nitrogens is 5. The van der Waals surface area contributed by atoms with Crippen LogP contribution in [0.2, 0.25) is 0 Å². The Kier molecular flexibility index (Phi) is 6.17. The van der Waals surface area contributed by atoms with E-state index in [1.54, 1.807) is 55.9 Å². The van der Waals surface area contributed by atoms with Crippen molar-refractivity contribution in [3.05, 3.63) is 85.3 Å². The average molecular weight is 566 g/mol. The van der Waals surface area contributed by atoms with E-state index in [1.165, 1.54) is 10.2 Å². The molecule has 1 saturated heterocycles. The molecule has 2 aromatic carbocycles. The van der Waals surface area contributed by atoms with Gasteiger partial charge in [-0.1, -0.05) is 18.2 Å². The summed E-state index contributed by atoms with van der Waals surface area (Å²) in [5, 5.41) is 4.08. The Morgan fingerprint density at radius 1 is 0.927 bits per heavy atom. The largest absolute Gasteiger partial charge is 0.480 e. The van der Waals surface area contributed by atoms with Gasteiger partial charge in [0.2, 0.25) is 5.88 Å². The van der Waals surface area contributed by atoms with Gasteiger partial charge in [0.1, 0.15) is 5.82 Å². The van der Waals surface area contributed by atoms with E-state index >= 15 is 0 Å². The van der Waals surface area contributed by atoms with Crippen molar-refractivity contribution in [2.45, 2.75) is 4.90 Å². The van der Waals surface area contributed by atoms with Gasteiger partial charge in [-0.15, -0.1) is 0 Å². The zero-order valence-corrected chi connectivity index (χ0v) is 23.1. The molecular formula is C30H27N7O3S. The number of ether oxygens (including phenoxy) is 1. The standard InChI is InChI=1S/C30H27N7O3S/c1-40-30-25(28-34-26-8-7-21(18-27(26)35-28)36-15-12-31-13-16-36)17-20(19-33-30)23-9-11-32-29-24(23)10-14-37(29)41(38,39)22-5-3-2-4-6-22/h2-11,14,17-19,31H,12-13,15-16H2,1H3,(H,34,35). The number of H-pyrrole nitrogens is 1. The molecule has 0 radical (unpaired) electrons. The highest BCUT2D eigenvalue weighted by atomic mass is 32.2. The zero-order chi connectivity index (χ0) is 28.0. The van der Waals surface area contributed by atoms with Crippen molar-refractivity contribution in [3.63, 3.8) is 0 Å². The van der Waals surface area contributed by atoms with Crippen LogP contribution in [0.25, 0.3) is 44.6 Å². The minimum atomic E-state index is -3.81. The second-order valence-electron chi connectivity index (χ2n) is 9.83. The molecule has 10 nitrogen and oxygen atoms in total. The first kappa shape index (κ1) is 25.2. The highest BCUT2D eigenvalue weighted by molar-refractivity contribution is 7.90. The third kappa shape index (κ3) is 4.39. The fourth-order valence-electron chi connectivity index (χ4n) is 5.34. The molecule has 1 aliphatic heterocycles. The summed E-state index contributed by atoms with van der Waals surface area (Å²) < 4.78 is 33.6. The number of aromatic amines is 1. The van der Waals surface area contributed by atoms with Crippen LogP contribution in [0.3, 0.4) is 0 Å². The van der Waals surface area contributed by atoms with Gasteiger partial charge in [-0.25, -0.2) is 27.3 Å². The van der Waals surface area contributed by atoms with Crippen molar-refractivity contribution in [1.29, 1.82) is 0 Å². The van der Waals surface area contributed by atoms with E-state index in [0.717, 1.165) is 54.0 Å². The fourth-order valence-corrected chi connectivity index (χ4v) is 6.67. The number of imidazole rings is 1. The zero-order valence-electron chi connectivity index (χ0n) is 22.3. The van der Waals surface area contributed by atoms with E-state index in [4.69, 9.17) is 9.72 Å². The summed E-state index contributed by atoms with van der Waals surface area (Å²) in [6.07, 6.45) is 4.86. The Morgan fingerprint density at radius 3 is 2.56 bits per heavy atom. The van der Waals surface area contributed by atoms with Gasteiger partial charge in [-0.05, 0) is 54.1 Å². The Hall–Kier alpha value is -4.74. The molecule has 0 amide bonds. The number of anilines is 1. The normalized spacial score (nSPS) is 14.1. The van der Waals surface area contributed by atoms with Gasteiger partial charge < -0.3 is 19.9 Å². The number of nitrogens with zero attached hydrogens (tertiary/aromatic N) is 5. The minimum absolute atomic E-state index is 0.197. The first-order chi connectivity index (χ1) is 20.0. The van der Waals surface area contributed by atoms with Gasteiger partial charge >= 0.3 is 0 Å². The highest BCUT2D eigenvalue weighted by Crippen LogP contribution is 2.35. The molecule has 6 aromatic rings. The molecular weight excluding hydrogens is 538 g/mol. The first-order valence-corrected chi connectivity index (χ1v) is 14.7. The number of benzene rings is 2. The van der Waals surface area contributed by atoms with Crippen LogP contribution < -0.4 is 15.0 Å². The summed E-state index contributed by atoms with van der Waals surface area (Å²) in [6.45, 7) is 3.85. The lowest BCUT2D eigenvalue weighted by Gasteiger charge is -2.29. The summed E-state index contributed by atoms with van der Waals surface area (Å²) >= 11 is 0. The summed E-state index contributed by atoms with van der Waals surface area (Å²) in [6, 6.07) is 20.2. The lowest BCUT2D eigenvalue weighted by molar-refractivity contribution is 0.399. The van der Waals surface area contributed by atoms with E-state index < -0.39 is 10.0 Å². The summed E-state index contributed by atoms with van der Waals surface area (Å²) in [5.74, 6) is 1.07. The number of piperazine rings is 1. The van der Waals surface area contributed by atoms with E-state index in [1.807, 2.05) is 18.2 Å². The molecule has 1 aliphatic rings. The van der Waals surface area contributed by atoms with E-state index in [-0.39, 0.29) is 4.90 Å². The molecule has 1 fully saturated rings. The predicted molar refractivity (Wildman–Crippen MR) is 159 cm³/mol. The van der Waals surface area contributed by atoms with Gasteiger partial charge in [-0.3, -0.25) is 0 Å². The van der Waals surface area contributed by atoms with Crippen LogP contribution >= 0.6 is 0 Å². The van der Waals surface area contributed by atoms with Gasteiger partial charge in [0.15, 0.2) is 5.65 Å². The van der Waals surface area contributed by atoms with Crippen molar-refractivity contribution in [1.82, 2.24) is 29.2 Å². The van der Waals surface area contributed by atoms with Crippen LogP contribution in [0.1, 0.15) is 0 Å². The number of pyridine rings is 2. The average Bonchev–Trinajstić information content (AvgIpc) is 3.66. The van der Waals surface area contributed by atoms with Crippen molar-refractivity contribution in [3.8, 4) is 28.4 Å². The third-order valence-corrected chi connectivity index (χ3v) is 9.09. The van der Waals surface area contributed by atoms with E-state index in [0.29, 0.717) is 28.3 Å². The van der Waals surface area contributed by atoms with Gasteiger partial charge in [-0.2, -0.15) is 0 Å². The van der Waals surface area contributed by atoms with Gasteiger partial charge in [0.05, 0.1) is 28.6 Å². The maximum Gasteiger partial charge on any atom is 0.269 e. The molecule has 0 atom stereocenters. The summed E-state index contributed by atoms with van der Waals surface area (Å²) in [5.41, 5.74) is 5.55. The maximum absolute atomic E-state index is 13.4. The quantitative estimate of drug-likeness (QED) is 0.307. The van der Waals surface area contributed by atoms with Crippen molar-refractivity contribution < 1.29 is 13.2 Å². The van der Waals surface area contributed by atoms with E-state index in [2.05, 4.69) is 37.3 Å². The predicted octanol–water partition coefficient (Wildman–Crippen LogP) is 4.30. The number of nitrogens with one attached hydrogen (secondary N) is 2. The van der Waals surface area contributed by atoms with Crippen molar-refractivity contribution in [2.24, 2.45) is 0 Å². The Labute approximate surface area is 236 Å². The number of hydrogen-bond acceptors (Lipinski definition) is 8. The van der Waals surface area contributed by atoms with Crippen LogP contribution in [0.4, 0.5) is 5.69 Å². The van der Waals surface area contributed by atoms with Crippen LogP contribution in [-0.2, 0) is 10.0 Å². The van der Waals surface area contributed by atoms with Crippen LogP contribution in [0.5, 0.6) is 5.88 Å². The molecule has 11 heteroatoms. The maximum atomic E-state index is 13.4. The molecule has 4 aromatic heterocycles. The molecule has 206 valence electrons. The first-order valence-electron chi connectivity index (χ1n) is 13.3. The van der Waals surface area contributed by atoms with Crippen molar-refractivity contribution >= 4 is 37.8 Å². The van der Waals surface area contributed by atoms with E-state index in [9.17, 15) is 8.42 Å². The lowest BCUT2D eigenvalue weighted by Crippen LogP contribution is -2.43. The number of methoxy groups -OCH3 is 1. The Bertz CT molecular complexity index is 2000. The smallest absolute Gasteiger partial charge is 0.269 e. The highest BCUT2D eigenvalue weighted by Gasteiger charge is 2.22. The second-order valence-corrected chi connectivity index (χ2v) is 11.6. The Morgan fingerprint density at radius 2 is 1.76 bits per heavy atom. The van der Waals surface area contributed by atoms with Gasteiger partial charge in [0, 0.05) is 61.4 Å². The second kappa shape index (κ2) is 10.0. The number of rotatable bonds is 6. The van der Waals surface area contributed by atoms with Gasteiger partial charge in [0.25, 0.3) is 10.0 Å². The monoisotopic (exact) mass is 565 g/mol. The van der Waals surface area contributed by atoms with Crippen LogP contribution in [-0.4, -0.2) is 65.6 Å². The third-order valence-electron chi connectivity index (χ3n) is 7.41. The fraction of sp³-hybridized carbons (Fsp3) is 0.167. The van der Waals surface area contributed by atoms with Crippen LogP contribution in [0, 0.1) is 0 Å². The number of hydrogen-bond donors (Lipinski definition) is 2. The molecule has 5 heterocycles. The molecule has 0 aliphatic carbocycles. The molecule has 41 heavy (non-hydrogen) atoms. The molecule has 0 unspecified atom stereocenters. The summed E-state index contributed by atoms with van der Waals surface area (Å²) in [7, 11) is -2.23. The molecule has 0 saturated carbocycles. The molecule has 2 N–H and O–H groups in total. The topological polar surface area (TPSA) is 118 Å². The lowest BCUT2D eigenvalue weighted by atomic mass is 10.0. The van der Waals surface area contributed by atoms with Crippen LogP contribution in [0.15, 0.2) is 90.2 Å². The molecule has 0 spiro atoms. The molecule has 0 bridgehead atoms. The number of fused-ring (bicyclic) bond motifs is 2. The SMILES string of the molecule is COc1ncc(-c2ccnc3c2ccn3S(=O)(=O)c2ccccc2)cc1-c1nc2ccc(N3CCNCC3)cc2[nH]1. The summed E-state index contributed by atoms with van der Waals surface area (Å²) in [4.78, 5) is 19.9. The minimum Gasteiger partial charge on any atom is -0.480 e. The molecule has 7 rings (SSSR count).